The molecule has 0 aromatic heterocycles. The third-order valence-corrected chi connectivity index (χ3v) is 3.90. The Bertz CT molecular complexity index is 550. The minimum Gasteiger partial charge on any atom is -0.493 e. The van der Waals surface area contributed by atoms with Crippen LogP contribution in [0.5, 0.6) is 17.2 Å². The summed E-state index contributed by atoms with van der Waals surface area (Å²) in [5.41, 5.74) is 0.921. The summed E-state index contributed by atoms with van der Waals surface area (Å²) in [5, 5.41) is 15.3. The number of hydrogen-bond donors (Lipinski definition) is 3. The van der Waals surface area contributed by atoms with Crippen molar-refractivity contribution in [3.05, 3.63) is 17.7 Å². The number of amides is 1. The van der Waals surface area contributed by atoms with E-state index in [1.807, 2.05) is 12.1 Å². The van der Waals surface area contributed by atoms with E-state index in [1.54, 1.807) is 21.3 Å². The predicted octanol–water partition coefficient (Wildman–Crippen LogP) is 0.0939. The second kappa shape index (κ2) is 8.03. The molecule has 23 heavy (non-hydrogen) atoms. The third kappa shape index (κ3) is 4.05. The Kier molecular flexibility index (Phi) is 6.06. The molecule has 0 aliphatic carbocycles. The van der Waals surface area contributed by atoms with Crippen molar-refractivity contribution in [3.8, 4) is 17.2 Å². The first-order chi connectivity index (χ1) is 11.1. The van der Waals surface area contributed by atoms with Gasteiger partial charge in [0.2, 0.25) is 11.7 Å². The average molecular weight is 324 g/mol. The molecule has 1 aromatic rings. The molecule has 128 valence electrons. The molecular weight excluding hydrogens is 300 g/mol. The van der Waals surface area contributed by atoms with Gasteiger partial charge >= 0.3 is 0 Å². The molecule has 2 atom stereocenters. The number of ether oxygens (including phenoxy) is 3. The van der Waals surface area contributed by atoms with Crippen molar-refractivity contribution in [2.24, 2.45) is 0 Å². The van der Waals surface area contributed by atoms with Crippen molar-refractivity contribution in [3.63, 3.8) is 0 Å². The quantitative estimate of drug-likeness (QED) is 0.659. The highest BCUT2D eigenvalue weighted by Gasteiger charge is 2.27. The van der Waals surface area contributed by atoms with E-state index < -0.39 is 6.10 Å². The lowest BCUT2D eigenvalue weighted by molar-refractivity contribution is -0.122. The van der Waals surface area contributed by atoms with Crippen LogP contribution >= 0.6 is 0 Å². The smallest absolute Gasteiger partial charge is 0.237 e. The molecule has 1 saturated heterocycles. The Balaban J connectivity index is 1.96. The number of carbonyl (C=O) groups excluding carboxylic acids is 1. The van der Waals surface area contributed by atoms with Crippen molar-refractivity contribution in [2.45, 2.75) is 25.0 Å². The van der Waals surface area contributed by atoms with Crippen LogP contribution in [0.3, 0.4) is 0 Å². The SMILES string of the molecule is COc1ccc(CCNC(=O)C2CC(O)CN2)c(OC)c1OC. The van der Waals surface area contributed by atoms with Crippen LogP contribution in [0.4, 0.5) is 0 Å². The minimum atomic E-state index is -0.448. The first kappa shape index (κ1) is 17.4. The van der Waals surface area contributed by atoms with Gasteiger partial charge in [-0.05, 0) is 18.9 Å². The third-order valence-electron chi connectivity index (χ3n) is 3.90. The maximum atomic E-state index is 12.0. The zero-order chi connectivity index (χ0) is 16.8. The highest BCUT2D eigenvalue weighted by atomic mass is 16.5. The molecule has 1 heterocycles. The topological polar surface area (TPSA) is 89.1 Å². The summed E-state index contributed by atoms with van der Waals surface area (Å²) in [5.74, 6) is 1.65. The van der Waals surface area contributed by atoms with E-state index in [0.717, 1.165) is 5.56 Å². The van der Waals surface area contributed by atoms with Crippen molar-refractivity contribution in [1.29, 1.82) is 0 Å². The fraction of sp³-hybridized carbons (Fsp3) is 0.562. The van der Waals surface area contributed by atoms with Crippen LogP contribution < -0.4 is 24.8 Å². The summed E-state index contributed by atoms with van der Waals surface area (Å²) in [6.45, 7) is 0.931. The van der Waals surface area contributed by atoms with Crippen LogP contribution in [0.15, 0.2) is 12.1 Å². The van der Waals surface area contributed by atoms with Gasteiger partial charge in [-0.3, -0.25) is 4.79 Å². The molecule has 1 fully saturated rings. The van der Waals surface area contributed by atoms with Gasteiger partial charge in [0.15, 0.2) is 11.5 Å². The van der Waals surface area contributed by atoms with Crippen LogP contribution in [0.1, 0.15) is 12.0 Å². The van der Waals surface area contributed by atoms with E-state index >= 15 is 0 Å². The second-order valence-corrected chi connectivity index (χ2v) is 5.38. The molecule has 7 heteroatoms. The summed E-state index contributed by atoms with van der Waals surface area (Å²) in [4.78, 5) is 12.0. The molecule has 1 amide bonds. The molecular formula is C16H24N2O5. The number of nitrogens with one attached hydrogen (secondary N) is 2. The van der Waals surface area contributed by atoms with Crippen LogP contribution in [0.2, 0.25) is 0 Å². The summed E-state index contributed by atoms with van der Waals surface area (Å²) in [7, 11) is 4.70. The molecule has 0 bridgehead atoms. The van der Waals surface area contributed by atoms with E-state index in [2.05, 4.69) is 10.6 Å². The fourth-order valence-corrected chi connectivity index (χ4v) is 2.72. The summed E-state index contributed by atoms with van der Waals surface area (Å²) >= 11 is 0. The largest absolute Gasteiger partial charge is 0.493 e. The molecule has 7 nitrogen and oxygen atoms in total. The minimum absolute atomic E-state index is 0.0963. The van der Waals surface area contributed by atoms with Gasteiger partial charge in [-0.25, -0.2) is 0 Å². The van der Waals surface area contributed by atoms with E-state index in [4.69, 9.17) is 14.2 Å². The monoisotopic (exact) mass is 324 g/mol. The van der Waals surface area contributed by atoms with Crippen LogP contribution in [-0.2, 0) is 11.2 Å². The van der Waals surface area contributed by atoms with Crippen molar-refractivity contribution in [1.82, 2.24) is 10.6 Å². The number of aliphatic hydroxyl groups is 1. The number of rotatable bonds is 7. The molecule has 2 unspecified atom stereocenters. The van der Waals surface area contributed by atoms with Crippen LogP contribution in [-0.4, -0.2) is 57.6 Å². The maximum Gasteiger partial charge on any atom is 0.237 e. The summed E-state index contributed by atoms with van der Waals surface area (Å²) in [6, 6.07) is 3.38. The van der Waals surface area contributed by atoms with Crippen LogP contribution in [0.25, 0.3) is 0 Å². The highest BCUT2D eigenvalue weighted by molar-refractivity contribution is 5.82. The molecule has 1 aliphatic rings. The number of methoxy groups -OCH3 is 3. The number of β-amino-alcohol motifs (C(OH)–C–C–N with tert-alkyl or cyclic N) is 1. The lowest BCUT2D eigenvalue weighted by Crippen LogP contribution is -2.41. The lowest BCUT2D eigenvalue weighted by atomic mass is 10.1. The van der Waals surface area contributed by atoms with Gasteiger partial charge in [-0.1, -0.05) is 6.07 Å². The van der Waals surface area contributed by atoms with E-state index in [0.29, 0.717) is 43.2 Å². The number of carbonyl (C=O) groups is 1. The van der Waals surface area contributed by atoms with Crippen molar-refractivity contribution < 1.29 is 24.1 Å². The fourth-order valence-electron chi connectivity index (χ4n) is 2.72. The molecule has 0 radical (unpaired) electrons. The van der Waals surface area contributed by atoms with Gasteiger partial charge in [0.1, 0.15) is 0 Å². The molecule has 2 rings (SSSR count). The molecule has 0 spiro atoms. The van der Waals surface area contributed by atoms with E-state index in [1.165, 1.54) is 0 Å². The predicted molar refractivity (Wildman–Crippen MR) is 85.2 cm³/mol. The average Bonchev–Trinajstić information content (AvgIpc) is 3.00. The Morgan fingerprint density at radius 3 is 2.57 bits per heavy atom. The summed E-state index contributed by atoms with van der Waals surface area (Å²) < 4.78 is 16.0. The van der Waals surface area contributed by atoms with E-state index in [-0.39, 0.29) is 11.9 Å². The van der Waals surface area contributed by atoms with E-state index in [9.17, 15) is 9.90 Å². The Morgan fingerprint density at radius 2 is 2.00 bits per heavy atom. The first-order valence-corrected chi connectivity index (χ1v) is 7.57. The second-order valence-electron chi connectivity index (χ2n) is 5.38. The van der Waals surface area contributed by atoms with Gasteiger partial charge in [0, 0.05) is 18.7 Å². The molecule has 3 N–H and O–H groups in total. The molecule has 0 saturated carbocycles. The first-order valence-electron chi connectivity index (χ1n) is 7.57. The zero-order valence-corrected chi connectivity index (χ0v) is 13.7. The molecule has 1 aromatic carbocycles. The van der Waals surface area contributed by atoms with Gasteiger partial charge in [-0.2, -0.15) is 0 Å². The van der Waals surface area contributed by atoms with Gasteiger partial charge in [0.25, 0.3) is 0 Å². The number of benzene rings is 1. The Hall–Kier alpha value is -1.99. The highest BCUT2D eigenvalue weighted by Crippen LogP contribution is 2.39. The Morgan fingerprint density at radius 1 is 1.26 bits per heavy atom. The summed E-state index contributed by atoms with van der Waals surface area (Å²) in [6.07, 6.45) is 0.604. The van der Waals surface area contributed by atoms with Gasteiger partial charge in [0.05, 0.1) is 33.5 Å². The zero-order valence-electron chi connectivity index (χ0n) is 13.7. The van der Waals surface area contributed by atoms with Crippen LogP contribution in [0, 0.1) is 0 Å². The number of aliphatic hydroxyl groups excluding tert-OH is 1. The lowest BCUT2D eigenvalue weighted by Gasteiger charge is -2.16. The standard InChI is InChI=1S/C16H24N2O5/c1-21-13-5-4-10(14(22-2)15(13)23-3)6-7-17-16(20)12-8-11(19)9-18-12/h4-5,11-12,18-19H,6-9H2,1-3H3,(H,17,20). The Labute approximate surface area is 135 Å². The van der Waals surface area contributed by atoms with Gasteiger partial charge in [-0.15, -0.1) is 0 Å². The van der Waals surface area contributed by atoms with Crippen molar-refractivity contribution >= 4 is 5.91 Å². The number of hydrogen-bond acceptors (Lipinski definition) is 6. The van der Waals surface area contributed by atoms with Gasteiger partial charge < -0.3 is 30.0 Å². The molecule has 1 aliphatic heterocycles. The maximum absolute atomic E-state index is 12.0. The normalized spacial score (nSPS) is 20.2. The van der Waals surface area contributed by atoms with Crippen molar-refractivity contribution in [2.75, 3.05) is 34.4 Å².